The molecule has 0 unspecified atom stereocenters. The van der Waals surface area contributed by atoms with Crippen LogP contribution in [0.25, 0.3) is 0 Å². The Morgan fingerprint density at radius 2 is 2.27 bits per heavy atom. The summed E-state index contributed by atoms with van der Waals surface area (Å²) in [5.74, 6) is -0.466. The lowest BCUT2D eigenvalue weighted by molar-refractivity contribution is 0.321. The summed E-state index contributed by atoms with van der Waals surface area (Å²) in [6.07, 6.45) is 0.987. The smallest absolute Gasteiger partial charge is 0.132 e. The quantitative estimate of drug-likeness (QED) is 0.395. The molecule has 58 valence electrons. The summed E-state index contributed by atoms with van der Waals surface area (Å²) in [6.45, 7) is 0. The van der Waals surface area contributed by atoms with Gasteiger partial charge in [0.15, 0.2) is 0 Å². The highest BCUT2D eigenvalue weighted by molar-refractivity contribution is 6.30. The third kappa shape index (κ3) is 1.91. The zero-order valence-corrected chi connectivity index (χ0v) is 6.22. The molecule has 0 fully saturated rings. The Morgan fingerprint density at radius 1 is 1.55 bits per heavy atom. The molecular formula is C7H5ClFNO. The van der Waals surface area contributed by atoms with Crippen LogP contribution >= 0.6 is 11.6 Å². The Morgan fingerprint density at radius 3 is 2.91 bits per heavy atom. The molecule has 0 aliphatic heterocycles. The average molecular weight is 174 g/mol. The number of nitrogens with zero attached hydrogens (tertiary/aromatic N) is 1. The molecule has 0 heterocycles. The number of benzene rings is 1. The van der Waals surface area contributed by atoms with Gasteiger partial charge in [0.1, 0.15) is 5.82 Å². The largest absolute Gasteiger partial charge is 0.411 e. The first kappa shape index (κ1) is 8.01. The highest BCUT2D eigenvalue weighted by atomic mass is 35.5. The van der Waals surface area contributed by atoms with Gasteiger partial charge in [0, 0.05) is 10.6 Å². The lowest BCUT2D eigenvalue weighted by Crippen LogP contribution is -1.86. The van der Waals surface area contributed by atoms with Crippen molar-refractivity contribution in [3.63, 3.8) is 0 Å². The maximum Gasteiger partial charge on any atom is 0.132 e. The summed E-state index contributed by atoms with van der Waals surface area (Å²) >= 11 is 5.54. The molecule has 1 rings (SSSR count). The topological polar surface area (TPSA) is 32.6 Å². The maximum atomic E-state index is 12.7. The van der Waals surface area contributed by atoms with Crippen LogP contribution in [0, 0.1) is 5.82 Å². The first-order valence-electron chi connectivity index (χ1n) is 2.86. The highest BCUT2D eigenvalue weighted by Gasteiger charge is 1.98. The van der Waals surface area contributed by atoms with E-state index < -0.39 is 5.82 Å². The third-order valence-electron chi connectivity index (χ3n) is 1.15. The van der Waals surface area contributed by atoms with E-state index in [0.29, 0.717) is 5.02 Å². The molecule has 0 saturated carbocycles. The fraction of sp³-hybridized carbons (Fsp3) is 0. The molecule has 11 heavy (non-hydrogen) atoms. The van der Waals surface area contributed by atoms with Crippen molar-refractivity contribution in [3.05, 3.63) is 34.6 Å². The monoisotopic (exact) mass is 173 g/mol. The maximum absolute atomic E-state index is 12.7. The molecule has 4 heteroatoms. The van der Waals surface area contributed by atoms with Gasteiger partial charge in [0.2, 0.25) is 0 Å². The van der Waals surface area contributed by atoms with E-state index in [1.54, 1.807) is 0 Å². The lowest BCUT2D eigenvalue weighted by atomic mass is 10.2. The van der Waals surface area contributed by atoms with E-state index in [4.69, 9.17) is 16.8 Å². The first-order chi connectivity index (χ1) is 5.24. The second kappa shape index (κ2) is 3.34. The van der Waals surface area contributed by atoms with E-state index in [1.807, 2.05) is 0 Å². The van der Waals surface area contributed by atoms with Crippen LogP contribution in [0.4, 0.5) is 4.39 Å². The third-order valence-corrected chi connectivity index (χ3v) is 1.39. The minimum atomic E-state index is -0.466. The Hall–Kier alpha value is -1.09. The second-order valence-electron chi connectivity index (χ2n) is 1.91. The van der Waals surface area contributed by atoms with Gasteiger partial charge in [-0.3, -0.25) is 0 Å². The first-order valence-corrected chi connectivity index (χ1v) is 3.24. The van der Waals surface area contributed by atoms with Crippen molar-refractivity contribution in [1.82, 2.24) is 0 Å². The molecular weight excluding hydrogens is 169 g/mol. The lowest BCUT2D eigenvalue weighted by Gasteiger charge is -1.94. The highest BCUT2D eigenvalue weighted by Crippen LogP contribution is 2.12. The SMILES string of the molecule is O/N=C/c1cc(Cl)ccc1F. The normalized spacial score (nSPS) is 10.7. The van der Waals surface area contributed by atoms with Crippen LogP contribution in [0.2, 0.25) is 5.02 Å². The number of oxime groups is 1. The number of rotatable bonds is 1. The fourth-order valence-electron chi connectivity index (χ4n) is 0.676. The van der Waals surface area contributed by atoms with Crippen molar-refractivity contribution in [2.75, 3.05) is 0 Å². The van der Waals surface area contributed by atoms with Gasteiger partial charge in [0.05, 0.1) is 6.21 Å². The van der Waals surface area contributed by atoms with Gasteiger partial charge in [-0.25, -0.2) is 4.39 Å². The Kier molecular flexibility index (Phi) is 2.44. The van der Waals surface area contributed by atoms with Gasteiger partial charge in [-0.15, -0.1) is 0 Å². The van der Waals surface area contributed by atoms with Gasteiger partial charge < -0.3 is 5.21 Å². The molecule has 0 amide bonds. The zero-order chi connectivity index (χ0) is 8.27. The Bertz CT molecular complexity index is 288. The van der Waals surface area contributed by atoms with Crippen molar-refractivity contribution in [2.45, 2.75) is 0 Å². The van der Waals surface area contributed by atoms with Crippen LogP contribution in [0.1, 0.15) is 5.56 Å². The van der Waals surface area contributed by atoms with E-state index >= 15 is 0 Å². The van der Waals surface area contributed by atoms with Crippen molar-refractivity contribution in [1.29, 1.82) is 0 Å². The van der Waals surface area contributed by atoms with Gasteiger partial charge in [0.25, 0.3) is 0 Å². The molecule has 0 saturated heterocycles. The fourth-order valence-corrected chi connectivity index (χ4v) is 0.856. The Balaban J connectivity index is 3.12. The summed E-state index contributed by atoms with van der Waals surface area (Å²) in [4.78, 5) is 0. The molecule has 0 spiro atoms. The van der Waals surface area contributed by atoms with Crippen LogP contribution in [0.3, 0.4) is 0 Å². The van der Waals surface area contributed by atoms with Crippen LogP contribution in [0.5, 0.6) is 0 Å². The number of hydrogen-bond acceptors (Lipinski definition) is 2. The Labute approximate surface area is 67.9 Å². The molecule has 0 bridgehead atoms. The molecule has 0 aliphatic carbocycles. The summed E-state index contributed by atoms with van der Waals surface area (Å²) < 4.78 is 12.7. The van der Waals surface area contributed by atoms with E-state index in [1.165, 1.54) is 18.2 Å². The molecule has 0 aromatic heterocycles. The standard InChI is InChI=1S/C7H5ClFNO/c8-6-1-2-7(9)5(3-6)4-10-11/h1-4,11H/b10-4+. The average Bonchev–Trinajstić information content (AvgIpc) is 1.98. The number of hydrogen-bond donors (Lipinski definition) is 1. The van der Waals surface area contributed by atoms with Crippen LogP contribution < -0.4 is 0 Å². The molecule has 0 atom stereocenters. The number of halogens is 2. The van der Waals surface area contributed by atoms with Crippen molar-refractivity contribution in [3.8, 4) is 0 Å². The second-order valence-corrected chi connectivity index (χ2v) is 2.35. The van der Waals surface area contributed by atoms with E-state index in [9.17, 15) is 4.39 Å². The zero-order valence-electron chi connectivity index (χ0n) is 5.46. The van der Waals surface area contributed by atoms with Gasteiger partial charge in [-0.05, 0) is 18.2 Å². The minimum absolute atomic E-state index is 0.167. The summed E-state index contributed by atoms with van der Waals surface area (Å²) in [5, 5.41) is 11.2. The molecule has 0 radical (unpaired) electrons. The van der Waals surface area contributed by atoms with Crippen LogP contribution in [-0.2, 0) is 0 Å². The van der Waals surface area contributed by atoms with E-state index in [2.05, 4.69) is 5.16 Å². The van der Waals surface area contributed by atoms with Gasteiger partial charge in [-0.1, -0.05) is 16.8 Å². The van der Waals surface area contributed by atoms with Gasteiger partial charge >= 0.3 is 0 Å². The minimum Gasteiger partial charge on any atom is -0.411 e. The van der Waals surface area contributed by atoms with Crippen LogP contribution in [-0.4, -0.2) is 11.4 Å². The van der Waals surface area contributed by atoms with Crippen LogP contribution in [0.15, 0.2) is 23.4 Å². The summed E-state index contributed by atoms with van der Waals surface area (Å²) in [5.41, 5.74) is 0.167. The van der Waals surface area contributed by atoms with Crippen molar-refractivity contribution < 1.29 is 9.60 Å². The molecule has 1 aromatic rings. The van der Waals surface area contributed by atoms with E-state index in [-0.39, 0.29) is 5.56 Å². The summed E-state index contributed by atoms with van der Waals surface area (Å²) in [6, 6.07) is 4.00. The van der Waals surface area contributed by atoms with Crippen molar-refractivity contribution in [2.24, 2.45) is 5.16 Å². The molecule has 1 aromatic carbocycles. The molecule has 1 N–H and O–H groups in total. The van der Waals surface area contributed by atoms with Crippen molar-refractivity contribution >= 4 is 17.8 Å². The predicted molar refractivity (Wildman–Crippen MR) is 40.8 cm³/mol. The van der Waals surface area contributed by atoms with E-state index in [0.717, 1.165) is 6.21 Å². The summed E-state index contributed by atoms with van der Waals surface area (Å²) in [7, 11) is 0. The predicted octanol–water partition coefficient (Wildman–Crippen LogP) is 2.29. The molecule has 2 nitrogen and oxygen atoms in total. The van der Waals surface area contributed by atoms with Gasteiger partial charge in [-0.2, -0.15) is 0 Å². The molecule has 0 aliphatic rings.